The molecule has 0 bridgehead atoms. The monoisotopic (exact) mass is 436 g/mol. The van der Waals surface area contributed by atoms with Crippen LogP contribution in [0.2, 0.25) is 0 Å². The third kappa shape index (κ3) is 4.80. The lowest BCUT2D eigenvalue weighted by Gasteiger charge is -2.36. The Hall–Kier alpha value is -3.68. The first kappa shape index (κ1) is 21.5. The van der Waals surface area contributed by atoms with Gasteiger partial charge in [-0.05, 0) is 42.5 Å². The van der Waals surface area contributed by atoms with E-state index < -0.39 is 0 Å². The second-order valence-electron chi connectivity index (χ2n) is 7.58. The smallest absolute Gasteiger partial charge is 0.266 e. The molecule has 166 valence electrons. The van der Waals surface area contributed by atoms with Gasteiger partial charge < -0.3 is 14.5 Å². The Kier molecular flexibility index (Phi) is 6.49. The van der Waals surface area contributed by atoms with Crippen LogP contribution in [0.5, 0.6) is 5.75 Å². The predicted molar refractivity (Wildman–Crippen MR) is 120 cm³/mol. The minimum Gasteiger partial charge on any atom is -0.495 e. The van der Waals surface area contributed by atoms with E-state index in [1.54, 1.807) is 25.3 Å². The van der Waals surface area contributed by atoms with Crippen molar-refractivity contribution in [2.24, 2.45) is 0 Å². The standard InChI is InChI=1S/C24H25FN4O3/c1-32-22-5-3-2-4-21(22)27-14-16-28(17-15-27)23(30)12-13-29-24(31)11-10-20(26-29)18-6-8-19(25)9-7-18/h2-11H,12-17H2,1H3. The first-order chi connectivity index (χ1) is 15.5. The first-order valence-corrected chi connectivity index (χ1v) is 10.5. The van der Waals surface area contributed by atoms with Gasteiger partial charge in [-0.25, -0.2) is 9.07 Å². The molecular weight excluding hydrogens is 411 g/mol. The first-order valence-electron chi connectivity index (χ1n) is 10.5. The van der Waals surface area contributed by atoms with Crippen LogP contribution in [-0.4, -0.2) is 53.9 Å². The highest BCUT2D eigenvalue weighted by Gasteiger charge is 2.22. The van der Waals surface area contributed by atoms with Crippen molar-refractivity contribution in [2.75, 3.05) is 38.2 Å². The number of nitrogens with zero attached hydrogens (tertiary/aromatic N) is 4. The number of carbonyl (C=O) groups excluding carboxylic acids is 1. The van der Waals surface area contributed by atoms with Gasteiger partial charge in [-0.1, -0.05) is 12.1 Å². The number of anilines is 1. The summed E-state index contributed by atoms with van der Waals surface area (Å²) in [6.45, 7) is 2.83. The Morgan fingerprint density at radius 2 is 1.72 bits per heavy atom. The van der Waals surface area contributed by atoms with Gasteiger partial charge in [0.05, 0.1) is 25.0 Å². The molecule has 0 atom stereocenters. The molecule has 0 aliphatic carbocycles. The summed E-state index contributed by atoms with van der Waals surface area (Å²) in [5.41, 5.74) is 2.02. The number of ether oxygens (including phenoxy) is 1. The summed E-state index contributed by atoms with van der Waals surface area (Å²) in [6, 6.07) is 16.8. The summed E-state index contributed by atoms with van der Waals surface area (Å²) in [4.78, 5) is 29.0. The van der Waals surface area contributed by atoms with Crippen molar-refractivity contribution in [3.63, 3.8) is 0 Å². The summed E-state index contributed by atoms with van der Waals surface area (Å²) in [7, 11) is 1.65. The molecule has 0 radical (unpaired) electrons. The van der Waals surface area contributed by atoms with E-state index in [2.05, 4.69) is 10.00 Å². The Bertz CT molecular complexity index is 1140. The number of benzene rings is 2. The van der Waals surface area contributed by atoms with E-state index in [0.717, 1.165) is 11.4 Å². The van der Waals surface area contributed by atoms with E-state index in [0.29, 0.717) is 37.4 Å². The van der Waals surface area contributed by atoms with Gasteiger partial charge in [0.1, 0.15) is 11.6 Å². The third-order valence-electron chi connectivity index (χ3n) is 5.60. The molecule has 1 amide bonds. The molecule has 0 unspecified atom stereocenters. The normalized spacial score (nSPS) is 13.8. The van der Waals surface area contributed by atoms with E-state index in [-0.39, 0.29) is 30.2 Å². The van der Waals surface area contributed by atoms with Gasteiger partial charge in [0.25, 0.3) is 5.56 Å². The minimum atomic E-state index is -0.335. The molecular formula is C24H25FN4O3. The number of rotatable bonds is 6. The molecule has 3 aromatic rings. The highest BCUT2D eigenvalue weighted by Crippen LogP contribution is 2.28. The number of amides is 1. The fraction of sp³-hybridized carbons (Fsp3) is 0.292. The van der Waals surface area contributed by atoms with Crippen molar-refractivity contribution in [2.45, 2.75) is 13.0 Å². The molecule has 2 aromatic carbocycles. The number of carbonyl (C=O) groups is 1. The quantitative estimate of drug-likeness (QED) is 0.595. The zero-order valence-electron chi connectivity index (χ0n) is 17.9. The molecule has 2 heterocycles. The number of piperazine rings is 1. The third-order valence-corrected chi connectivity index (χ3v) is 5.60. The molecule has 0 N–H and O–H groups in total. The lowest BCUT2D eigenvalue weighted by molar-refractivity contribution is -0.131. The number of aryl methyl sites for hydroxylation is 1. The van der Waals surface area contributed by atoms with E-state index in [4.69, 9.17) is 4.74 Å². The highest BCUT2D eigenvalue weighted by molar-refractivity contribution is 5.76. The van der Waals surface area contributed by atoms with Crippen LogP contribution in [0.15, 0.2) is 65.5 Å². The maximum atomic E-state index is 13.2. The lowest BCUT2D eigenvalue weighted by Crippen LogP contribution is -2.49. The molecule has 4 rings (SSSR count). The minimum absolute atomic E-state index is 0.00874. The second kappa shape index (κ2) is 9.64. The Morgan fingerprint density at radius 3 is 2.44 bits per heavy atom. The maximum absolute atomic E-state index is 13.2. The Balaban J connectivity index is 1.36. The van der Waals surface area contributed by atoms with Crippen LogP contribution < -0.4 is 15.2 Å². The molecule has 0 spiro atoms. The van der Waals surface area contributed by atoms with Crippen LogP contribution >= 0.6 is 0 Å². The van der Waals surface area contributed by atoms with Crippen LogP contribution in [-0.2, 0) is 11.3 Å². The zero-order valence-corrected chi connectivity index (χ0v) is 17.9. The van der Waals surface area contributed by atoms with Crippen LogP contribution in [0, 0.1) is 5.82 Å². The van der Waals surface area contributed by atoms with E-state index in [9.17, 15) is 14.0 Å². The van der Waals surface area contributed by atoms with Crippen molar-refractivity contribution in [3.8, 4) is 17.0 Å². The number of hydrogen-bond acceptors (Lipinski definition) is 5. The number of halogens is 1. The van der Waals surface area contributed by atoms with Crippen molar-refractivity contribution in [1.82, 2.24) is 14.7 Å². The fourth-order valence-electron chi connectivity index (χ4n) is 3.83. The SMILES string of the molecule is COc1ccccc1N1CCN(C(=O)CCn2nc(-c3ccc(F)cc3)ccc2=O)CC1. The van der Waals surface area contributed by atoms with Crippen LogP contribution in [0.25, 0.3) is 11.3 Å². The average Bonchev–Trinajstić information content (AvgIpc) is 2.84. The molecule has 7 nitrogen and oxygen atoms in total. The number of aromatic nitrogens is 2. The number of hydrogen-bond donors (Lipinski definition) is 0. The Morgan fingerprint density at radius 1 is 1.00 bits per heavy atom. The summed E-state index contributed by atoms with van der Waals surface area (Å²) < 4.78 is 19.9. The van der Waals surface area contributed by atoms with Gasteiger partial charge in [-0.2, -0.15) is 5.10 Å². The molecule has 1 fully saturated rings. The molecule has 1 aromatic heterocycles. The fourth-order valence-corrected chi connectivity index (χ4v) is 3.83. The van der Waals surface area contributed by atoms with Gasteiger partial charge in [0.15, 0.2) is 0 Å². The average molecular weight is 436 g/mol. The summed E-state index contributed by atoms with van der Waals surface area (Å²) in [5, 5.41) is 4.35. The van der Waals surface area contributed by atoms with Crippen LogP contribution in [0.4, 0.5) is 10.1 Å². The van der Waals surface area contributed by atoms with Gasteiger partial charge in [-0.15, -0.1) is 0 Å². The highest BCUT2D eigenvalue weighted by atomic mass is 19.1. The van der Waals surface area contributed by atoms with Crippen molar-refractivity contribution < 1.29 is 13.9 Å². The molecule has 8 heteroatoms. The molecule has 0 saturated carbocycles. The van der Waals surface area contributed by atoms with Gasteiger partial charge in [0, 0.05) is 44.2 Å². The zero-order chi connectivity index (χ0) is 22.5. The lowest BCUT2D eigenvalue weighted by atomic mass is 10.1. The van der Waals surface area contributed by atoms with E-state index in [1.165, 1.54) is 22.9 Å². The van der Waals surface area contributed by atoms with Crippen LogP contribution in [0.3, 0.4) is 0 Å². The summed E-state index contributed by atoms with van der Waals surface area (Å²) >= 11 is 0. The predicted octanol–water partition coefficient (Wildman–Crippen LogP) is 2.80. The van der Waals surface area contributed by atoms with Gasteiger partial charge in [-0.3, -0.25) is 9.59 Å². The van der Waals surface area contributed by atoms with Crippen molar-refractivity contribution >= 4 is 11.6 Å². The molecule has 1 saturated heterocycles. The molecule has 1 aliphatic rings. The topological polar surface area (TPSA) is 67.7 Å². The van der Waals surface area contributed by atoms with Gasteiger partial charge in [0.2, 0.25) is 5.91 Å². The maximum Gasteiger partial charge on any atom is 0.266 e. The molecule has 32 heavy (non-hydrogen) atoms. The number of para-hydroxylation sites is 2. The second-order valence-corrected chi connectivity index (χ2v) is 7.58. The van der Waals surface area contributed by atoms with Crippen molar-refractivity contribution in [1.29, 1.82) is 0 Å². The van der Waals surface area contributed by atoms with E-state index in [1.807, 2.05) is 29.2 Å². The summed E-state index contributed by atoms with van der Waals surface area (Å²) in [5.74, 6) is 0.475. The summed E-state index contributed by atoms with van der Waals surface area (Å²) in [6.07, 6.45) is 0.189. The number of methoxy groups -OCH3 is 1. The van der Waals surface area contributed by atoms with Crippen LogP contribution in [0.1, 0.15) is 6.42 Å². The largest absolute Gasteiger partial charge is 0.495 e. The van der Waals surface area contributed by atoms with E-state index >= 15 is 0 Å². The Labute approximate surface area is 185 Å². The van der Waals surface area contributed by atoms with Crippen molar-refractivity contribution in [3.05, 3.63) is 76.8 Å². The van der Waals surface area contributed by atoms with Gasteiger partial charge >= 0.3 is 0 Å². The molecule has 1 aliphatic heterocycles.